The van der Waals surface area contributed by atoms with Gasteiger partial charge in [-0.1, -0.05) is 38.1 Å². The largest absolute Gasteiger partial charge is 0.356 e. The van der Waals surface area contributed by atoms with Crippen molar-refractivity contribution in [1.29, 1.82) is 0 Å². The molecule has 1 saturated heterocycles. The summed E-state index contributed by atoms with van der Waals surface area (Å²) in [5.41, 5.74) is 1.27. The van der Waals surface area contributed by atoms with Crippen molar-refractivity contribution in [2.24, 2.45) is 11.8 Å². The monoisotopic (exact) mass is 283 g/mol. The lowest BCUT2D eigenvalue weighted by atomic mass is 9.95. The van der Waals surface area contributed by atoms with Crippen LogP contribution in [0.15, 0.2) is 30.5 Å². The molecule has 112 valence electrons. The molecule has 1 fully saturated rings. The van der Waals surface area contributed by atoms with E-state index >= 15 is 0 Å². The molecule has 1 N–H and O–H groups in total. The zero-order chi connectivity index (χ0) is 14.8. The summed E-state index contributed by atoms with van der Waals surface area (Å²) in [5.74, 6) is 2.71. The van der Waals surface area contributed by atoms with E-state index in [2.05, 4.69) is 48.3 Å². The van der Waals surface area contributed by atoms with Gasteiger partial charge in [-0.2, -0.15) is 0 Å². The molecule has 1 aliphatic heterocycles. The first kappa shape index (κ1) is 14.3. The molecule has 0 bridgehead atoms. The van der Waals surface area contributed by atoms with Gasteiger partial charge in [-0.15, -0.1) is 0 Å². The van der Waals surface area contributed by atoms with Crippen molar-refractivity contribution < 1.29 is 0 Å². The van der Waals surface area contributed by atoms with Crippen LogP contribution in [0.1, 0.15) is 25.8 Å². The van der Waals surface area contributed by atoms with Gasteiger partial charge in [-0.05, 0) is 36.3 Å². The lowest BCUT2D eigenvalue weighted by Crippen LogP contribution is -2.22. The standard InChI is InChI=1S/C18H25N3/c1-13(2)14-8-9-21(12-14)18-17-7-5-4-6-16(17)15(10-19-3)11-20-18/h4-7,11,13-14,19H,8-10,12H2,1-3H3. The van der Waals surface area contributed by atoms with Crippen LogP contribution < -0.4 is 10.2 Å². The Morgan fingerprint density at radius 2 is 2.05 bits per heavy atom. The second kappa shape index (κ2) is 6.02. The Morgan fingerprint density at radius 3 is 2.71 bits per heavy atom. The zero-order valence-electron chi connectivity index (χ0n) is 13.3. The molecule has 3 nitrogen and oxygen atoms in total. The van der Waals surface area contributed by atoms with E-state index in [0.29, 0.717) is 0 Å². The van der Waals surface area contributed by atoms with Gasteiger partial charge in [0.15, 0.2) is 0 Å². The van der Waals surface area contributed by atoms with E-state index < -0.39 is 0 Å². The maximum atomic E-state index is 4.79. The summed E-state index contributed by atoms with van der Waals surface area (Å²) >= 11 is 0. The first-order chi connectivity index (χ1) is 10.2. The number of pyridine rings is 1. The Labute approximate surface area is 127 Å². The summed E-state index contributed by atoms with van der Waals surface area (Å²) in [4.78, 5) is 7.26. The van der Waals surface area contributed by atoms with Crippen LogP contribution in [-0.2, 0) is 6.54 Å². The first-order valence-electron chi connectivity index (χ1n) is 7.97. The number of hydrogen-bond donors (Lipinski definition) is 1. The molecular weight excluding hydrogens is 258 g/mol. The van der Waals surface area contributed by atoms with Crippen LogP contribution in [0.4, 0.5) is 5.82 Å². The summed E-state index contributed by atoms with van der Waals surface area (Å²) in [6.45, 7) is 7.79. The number of benzene rings is 1. The SMILES string of the molecule is CNCc1cnc(N2CCC(C(C)C)C2)c2ccccc12. The van der Waals surface area contributed by atoms with Crippen LogP contribution in [0.3, 0.4) is 0 Å². The van der Waals surface area contributed by atoms with Crippen molar-refractivity contribution in [3.8, 4) is 0 Å². The molecule has 0 spiro atoms. The highest BCUT2D eigenvalue weighted by Crippen LogP contribution is 2.32. The van der Waals surface area contributed by atoms with Crippen LogP contribution >= 0.6 is 0 Å². The minimum Gasteiger partial charge on any atom is -0.356 e. The first-order valence-corrected chi connectivity index (χ1v) is 7.97. The summed E-state index contributed by atoms with van der Waals surface area (Å²) in [5, 5.41) is 5.84. The van der Waals surface area contributed by atoms with Crippen LogP contribution in [0, 0.1) is 11.8 Å². The third-order valence-corrected chi connectivity index (χ3v) is 4.69. The van der Waals surface area contributed by atoms with Gasteiger partial charge >= 0.3 is 0 Å². The van der Waals surface area contributed by atoms with Gasteiger partial charge in [0, 0.05) is 31.2 Å². The number of nitrogens with zero attached hydrogens (tertiary/aromatic N) is 2. The molecule has 2 aromatic rings. The molecule has 1 atom stereocenters. The molecule has 2 heterocycles. The lowest BCUT2D eigenvalue weighted by Gasteiger charge is -2.21. The van der Waals surface area contributed by atoms with E-state index in [-0.39, 0.29) is 0 Å². The molecule has 3 rings (SSSR count). The number of rotatable bonds is 4. The van der Waals surface area contributed by atoms with E-state index in [1.54, 1.807) is 0 Å². The molecular formula is C18H25N3. The van der Waals surface area contributed by atoms with E-state index in [1.165, 1.54) is 22.8 Å². The Bertz CT molecular complexity index is 621. The van der Waals surface area contributed by atoms with Crippen LogP contribution in [0.5, 0.6) is 0 Å². The van der Waals surface area contributed by atoms with E-state index in [1.807, 2.05) is 13.2 Å². The molecule has 0 aliphatic carbocycles. The van der Waals surface area contributed by atoms with Crippen molar-refractivity contribution in [2.75, 3.05) is 25.0 Å². The number of anilines is 1. The minimum absolute atomic E-state index is 0.754. The van der Waals surface area contributed by atoms with E-state index in [4.69, 9.17) is 4.98 Å². The molecule has 1 unspecified atom stereocenters. The van der Waals surface area contributed by atoms with Crippen molar-refractivity contribution in [1.82, 2.24) is 10.3 Å². The van der Waals surface area contributed by atoms with E-state index in [0.717, 1.165) is 37.3 Å². The average Bonchev–Trinajstić information content (AvgIpc) is 2.98. The van der Waals surface area contributed by atoms with Crippen LogP contribution in [-0.4, -0.2) is 25.1 Å². The predicted molar refractivity (Wildman–Crippen MR) is 89.7 cm³/mol. The number of hydrogen-bond acceptors (Lipinski definition) is 3. The Kier molecular flexibility index (Phi) is 4.11. The fourth-order valence-electron chi connectivity index (χ4n) is 3.34. The van der Waals surface area contributed by atoms with Crippen LogP contribution in [0.2, 0.25) is 0 Å². The zero-order valence-corrected chi connectivity index (χ0v) is 13.3. The van der Waals surface area contributed by atoms with E-state index in [9.17, 15) is 0 Å². The summed E-state index contributed by atoms with van der Waals surface area (Å²) in [6, 6.07) is 8.65. The Hall–Kier alpha value is -1.61. The van der Waals surface area contributed by atoms with Gasteiger partial charge in [-0.25, -0.2) is 4.98 Å². The fraction of sp³-hybridized carbons (Fsp3) is 0.500. The quantitative estimate of drug-likeness (QED) is 0.931. The topological polar surface area (TPSA) is 28.2 Å². The maximum Gasteiger partial charge on any atom is 0.136 e. The Balaban J connectivity index is 1.99. The van der Waals surface area contributed by atoms with Crippen molar-refractivity contribution in [3.63, 3.8) is 0 Å². The molecule has 3 heteroatoms. The van der Waals surface area contributed by atoms with Crippen molar-refractivity contribution >= 4 is 16.6 Å². The molecule has 1 aliphatic rings. The van der Waals surface area contributed by atoms with Gasteiger partial charge < -0.3 is 10.2 Å². The summed E-state index contributed by atoms with van der Waals surface area (Å²) in [7, 11) is 1.98. The lowest BCUT2D eigenvalue weighted by molar-refractivity contribution is 0.422. The molecule has 1 aromatic heterocycles. The second-order valence-electron chi connectivity index (χ2n) is 6.42. The van der Waals surface area contributed by atoms with Gasteiger partial charge in [0.05, 0.1) is 0 Å². The van der Waals surface area contributed by atoms with Crippen molar-refractivity contribution in [3.05, 3.63) is 36.0 Å². The van der Waals surface area contributed by atoms with Gasteiger partial charge in [-0.3, -0.25) is 0 Å². The second-order valence-corrected chi connectivity index (χ2v) is 6.42. The molecule has 1 aromatic carbocycles. The molecule has 0 radical (unpaired) electrons. The fourth-order valence-corrected chi connectivity index (χ4v) is 3.34. The summed E-state index contributed by atoms with van der Waals surface area (Å²) in [6.07, 6.45) is 3.32. The highest BCUT2D eigenvalue weighted by molar-refractivity contribution is 5.94. The third-order valence-electron chi connectivity index (χ3n) is 4.69. The highest BCUT2D eigenvalue weighted by Gasteiger charge is 2.26. The van der Waals surface area contributed by atoms with Crippen molar-refractivity contribution in [2.45, 2.75) is 26.8 Å². The smallest absolute Gasteiger partial charge is 0.136 e. The number of fused-ring (bicyclic) bond motifs is 1. The molecule has 0 amide bonds. The summed E-state index contributed by atoms with van der Waals surface area (Å²) < 4.78 is 0. The van der Waals surface area contributed by atoms with Gasteiger partial charge in [0.1, 0.15) is 5.82 Å². The number of nitrogens with one attached hydrogen (secondary N) is 1. The average molecular weight is 283 g/mol. The molecule has 21 heavy (non-hydrogen) atoms. The number of aromatic nitrogens is 1. The minimum atomic E-state index is 0.754. The van der Waals surface area contributed by atoms with Gasteiger partial charge in [0.2, 0.25) is 0 Å². The molecule has 0 saturated carbocycles. The Morgan fingerprint density at radius 1 is 1.29 bits per heavy atom. The van der Waals surface area contributed by atoms with Gasteiger partial charge in [0.25, 0.3) is 0 Å². The maximum absolute atomic E-state index is 4.79. The normalized spacial score (nSPS) is 18.9. The predicted octanol–water partition coefficient (Wildman–Crippen LogP) is 3.44. The highest BCUT2D eigenvalue weighted by atomic mass is 15.2. The third kappa shape index (κ3) is 2.75. The van der Waals surface area contributed by atoms with Crippen LogP contribution in [0.25, 0.3) is 10.8 Å².